The lowest BCUT2D eigenvalue weighted by Gasteiger charge is -2.40. The zero-order valence-corrected chi connectivity index (χ0v) is 15.8. The molecular formula is C23H26O5. The Kier molecular flexibility index (Phi) is 6.50. The van der Waals surface area contributed by atoms with Crippen molar-refractivity contribution >= 4 is 0 Å². The average Bonchev–Trinajstić information content (AvgIpc) is 2.73. The Bertz CT molecular complexity index is 837. The molecule has 3 rings (SSSR count). The fourth-order valence-corrected chi connectivity index (χ4v) is 3.57. The van der Waals surface area contributed by atoms with Gasteiger partial charge in [0.05, 0.1) is 6.61 Å². The highest BCUT2D eigenvalue weighted by Crippen LogP contribution is 2.33. The molecule has 5 atom stereocenters. The fraction of sp³-hybridized carbons (Fsp3) is 0.391. The van der Waals surface area contributed by atoms with E-state index in [0.717, 1.165) is 23.1 Å². The molecule has 0 bridgehead atoms. The Balaban J connectivity index is 1.90. The van der Waals surface area contributed by atoms with Gasteiger partial charge in [0.15, 0.2) is 0 Å². The van der Waals surface area contributed by atoms with E-state index in [1.54, 1.807) is 12.1 Å². The number of benzene rings is 2. The van der Waals surface area contributed by atoms with Crippen LogP contribution in [0.2, 0.25) is 0 Å². The van der Waals surface area contributed by atoms with E-state index >= 15 is 0 Å². The Morgan fingerprint density at radius 3 is 2.25 bits per heavy atom. The molecule has 0 unspecified atom stereocenters. The lowest BCUT2D eigenvalue weighted by molar-refractivity contribution is -0.231. The third kappa shape index (κ3) is 4.12. The second-order valence-electron chi connectivity index (χ2n) is 7.16. The van der Waals surface area contributed by atoms with Gasteiger partial charge in [0.2, 0.25) is 0 Å². The molecule has 148 valence electrons. The number of hydrogen-bond donors (Lipinski definition) is 4. The Hall–Kier alpha value is -2.20. The molecule has 0 saturated carbocycles. The van der Waals surface area contributed by atoms with Gasteiger partial charge >= 0.3 is 0 Å². The van der Waals surface area contributed by atoms with Crippen LogP contribution in [0.4, 0.5) is 0 Å². The summed E-state index contributed by atoms with van der Waals surface area (Å²) in [6.45, 7) is 1.65. The smallest absolute Gasteiger partial charge is 0.113 e. The molecule has 0 radical (unpaired) electrons. The number of aliphatic hydroxyl groups excluding tert-OH is 4. The quantitative estimate of drug-likeness (QED) is 0.586. The monoisotopic (exact) mass is 382 g/mol. The van der Waals surface area contributed by atoms with Gasteiger partial charge in [-0.15, -0.1) is 6.42 Å². The van der Waals surface area contributed by atoms with Crippen LogP contribution in [0.5, 0.6) is 0 Å². The summed E-state index contributed by atoms with van der Waals surface area (Å²) in [5.41, 5.74) is 4.65. The van der Waals surface area contributed by atoms with Crippen molar-refractivity contribution in [2.24, 2.45) is 0 Å². The van der Waals surface area contributed by atoms with Gasteiger partial charge in [-0.3, -0.25) is 0 Å². The molecule has 0 spiro atoms. The summed E-state index contributed by atoms with van der Waals surface area (Å²) in [7, 11) is 0. The predicted molar refractivity (Wildman–Crippen MR) is 106 cm³/mol. The Morgan fingerprint density at radius 1 is 0.964 bits per heavy atom. The van der Waals surface area contributed by atoms with Crippen LogP contribution in [0, 0.1) is 12.3 Å². The highest BCUT2D eigenvalue weighted by atomic mass is 16.5. The van der Waals surface area contributed by atoms with Crippen LogP contribution in [0.1, 0.15) is 40.8 Å². The van der Waals surface area contributed by atoms with Crippen molar-refractivity contribution in [3.8, 4) is 12.3 Å². The second-order valence-corrected chi connectivity index (χ2v) is 7.16. The molecule has 2 aromatic carbocycles. The van der Waals surface area contributed by atoms with Gasteiger partial charge in [0.25, 0.3) is 0 Å². The van der Waals surface area contributed by atoms with Crippen molar-refractivity contribution in [2.45, 2.75) is 50.3 Å². The maximum atomic E-state index is 10.4. The first kappa shape index (κ1) is 20.5. The molecule has 2 aromatic rings. The summed E-state index contributed by atoms with van der Waals surface area (Å²) in [5, 5.41) is 39.8. The predicted octanol–water partition coefficient (Wildman–Crippen LogP) is 1.34. The number of ether oxygens (including phenoxy) is 1. The van der Waals surface area contributed by atoms with Crippen LogP contribution >= 0.6 is 0 Å². The molecule has 1 aliphatic rings. The Morgan fingerprint density at radius 2 is 1.64 bits per heavy atom. The van der Waals surface area contributed by atoms with Crippen molar-refractivity contribution in [2.75, 3.05) is 6.61 Å². The van der Waals surface area contributed by atoms with E-state index < -0.39 is 37.1 Å². The number of terminal acetylenes is 1. The van der Waals surface area contributed by atoms with E-state index in [4.69, 9.17) is 11.2 Å². The normalized spacial score (nSPS) is 27.4. The third-order valence-electron chi connectivity index (χ3n) is 5.33. The second kappa shape index (κ2) is 8.87. The van der Waals surface area contributed by atoms with Crippen LogP contribution < -0.4 is 0 Å². The molecule has 5 nitrogen and oxygen atoms in total. The number of aliphatic hydroxyl groups is 4. The van der Waals surface area contributed by atoms with Crippen LogP contribution in [-0.4, -0.2) is 51.4 Å². The van der Waals surface area contributed by atoms with E-state index in [1.807, 2.05) is 6.07 Å². The molecule has 0 aliphatic carbocycles. The maximum Gasteiger partial charge on any atom is 0.113 e. The van der Waals surface area contributed by atoms with Gasteiger partial charge < -0.3 is 25.2 Å². The van der Waals surface area contributed by atoms with Crippen LogP contribution in [0.3, 0.4) is 0 Å². The van der Waals surface area contributed by atoms with E-state index in [9.17, 15) is 20.4 Å². The zero-order chi connectivity index (χ0) is 20.3. The van der Waals surface area contributed by atoms with Gasteiger partial charge in [-0.1, -0.05) is 49.2 Å². The number of hydrogen-bond acceptors (Lipinski definition) is 5. The van der Waals surface area contributed by atoms with Gasteiger partial charge in [-0.25, -0.2) is 0 Å². The molecular weight excluding hydrogens is 356 g/mol. The lowest BCUT2D eigenvalue weighted by atomic mass is 9.89. The topological polar surface area (TPSA) is 90.2 Å². The van der Waals surface area contributed by atoms with Crippen LogP contribution in [0.15, 0.2) is 42.5 Å². The summed E-state index contributed by atoms with van der Waals surface area (Å²) < 4.78 is 5.66. The van der Waals surface area contributed by atoms with Crippen molar-refractivity contribution in [3.63, 3.8) is 0 Å². The minimum Gasteiger partial charge on any atom is -0.394 e. The Labute approximate surface area is 165 Å². The molecule has 1 heterocycles. The number of aryl methyl sites for hydroxylation is 1. The molecule has 0 aromatic heterocycles. The van der Waals surface area contributed by atoms with Gasteiger partial charge in [-0.05, 0) is 41.2 Å². The van der Waals surface area contributed by atoms with Crippen molar-refractivity contribution in [1.82, 2.24) is 0 Å². The van der Waals surface area contributed by atoms with Gasteiger partial charge in [0, 0.05) is 5.56 Å². The summed E-state index contributed by atoms with van der Waals surface area (Å²) in [6, 6.07) is 13.7. The van der Waals surface area contributed by atoms with E-state index in [2.05, 4.69) is 37.1 Å². The largest absolute Gasteiger partial charge is 0.394 e. The standard InChI is InChI=1S/C23H26O5/c1-3-14-5-7-15(8-6-14)11-18-12-17(10-9-16(18)4-2)23-22(27)21(26)20(25)19(13-24)28-23/h2,5-10,12,19-27H,3,11,13H2,1H3/t19-,20-,21+,22-,23+/m1/s1. The van der Waals surface area contributed by atoms with Gasteiger partial charge in [0.1, 0.15) is 30.5 Å². The molecule has 28 heavy (non-hydrogen) atoms. The van der Waals surface area contributed by atoms with E-state index in [-0.39, 0.29) is 0 Å². The molecule has 1 aliphatic heterocycles. The van der Waals surface area contributed by atoms with E-state index in [0.29, 0.717) is 12.0 Å². The van der Waals surface area contributed by atoms with E-state index in [1.165, 1.54) is 5.56 Å². The molecule has 1 fully saturated rings. The zero-order valence-electron chi connectivity index (χ0n) is 15.8. The molecule has 1 saturated heterocycles. The van der Waals surface area contributed by atoms with Gasteiger partial charge in [-0.2, -0.15) is 0 Å². The molecule has 5 heteroatoms. The SMILES string of the molecule is C#Cc1ccc([C@@H]2O[C@H](CO)[C@@H](O)[C@H](O)[C@H]2O)cc1Cc1ccc(CC)cc1. The highest BCUT2D eigenvalue weighted by Gasteiger charge is 2.43. The van der Waals surface area contributed by atoms with Crippen LogP contribution in [0.25, 0.3) is 0 Å². The lowest BCUT2D eigenvalue weighted by Crippen LogP contribution is -2.55. The molecule has 4 N–H and O–H groups in total. The summed E-state index contributed by atoms with van der Waals surface area (Å²) >= 11 is 0. The van der Waals surface area contributed by atoms with Crippen LogP contribution in [-0.2, 0) is 17.6 Å². The first-order valence-electron chi connectivity index (χ1n) is 9.46. The first-order chi connectivity index (χ1) is 13.5. The summed E-state index contributed by atoms with van der Waals surface area (Å²) in [5.74, 6) is 2.68. The average molecular weight is 382 g/mol. The fourth-order valence-electron chi connectivity index (χ4n) is 3.57. The van der Waals surface area contributed by atoms with Crippen molar-refractivity contribution in [1.29, 1.82) is 0 Å². The maximum absolute atomic E-state index is 10.4. The van der Waals surface area contributed by atoms with Crippen molar-refractivity contribution in [3.05, 3.63) is 70.3 Å². The minimum absolute atomic E-state index is 0.458. The number of rotatable bonds is 5. The minimum atomic E-state index is -1.41. The molecule has 0 amide bonds. The van der Waals surface area contributed by atoms with Crippen molar-refractivity contribution < 1.29 is 25.2 Å². The summed E-state index contributed by atoms with van der Waals surface area (Å²) in [4.78, 5) is 0. The first-order valence-corrected chi connectivity index (χ1v) is 9.46. The summed E-state index contributed by atoms with van der Waals surface area (Å²) in [6.07, 6.45) is 1.33. The third-order valence-corrected chi connectivity index (χ3v) is 5.33. The highest BCUT2D eigenvalue weighted by molar-refractivity contribution is 5.45.